The zero-order chi connectivity index (χ0) is 33.2. The number of H-pyrrole nitrogens is 2. The number of hydrogen-bond donors (Lipinski definition) is 3. The van der Waals surface area contributed by atoms with Crippen LogP contribution < -0.4 is 10.1 Å². The number of carbonyl (C=O) groups excluding carboxylic acids is 1. The summed E-state index contributed by atoms with van der Waals surface area (Å²) >= 11 is 0. The number of halogens is 1. The van der Waals surface area contributed by atoms with E-state index in [4.69, 9.17) is 4.74 Å². The molecule has 6 heterocycles. The van der Waals surface area contributed by atoms with Gasteiger partial charge in [-0.15, -0.1) is 0 Å². The van der Waals surface area contributed by atoms with Crippen LogP contribution in [-0.2, 0) is 11.2 Å². The minimum atomic E-state index is -0.379. The number of fused-ring (bicyclic) bond motifs is 2. The molecular weight excluding hydrogens is 619 g/mol. The second kappa shape index (κ2) is 13.3. The van der Waals surface area contributed by atoms with E-state index in [1.165, 1.54) is 25.0 Å². The number of likely N-dealkylation sites (tertiary alicyclic amines) is 1. The fourth-order valence-corrected chi connectivity index (χ4v) is 6.42. The molecule has 1 amide bonds. The van der Waals surface area contributed by atoms with Gasteiger partial charge in [-0.3, -0.25) is 24.8 Å². The minimum absolute atomic E-state index is 0.122. The molecular formula is C38H33FN8O2. The standard InChI is InChI=1S/C38H33FN8O2/c39-28-15-25(17-30(19-28)49-13-12-47-10-4-5-11-47)36-31-20-34(44-33(31)8-9-41-36)37-32-18-27(22-42-38(32)46-45-37)26-16-29(23-40-21-26)43-35(48)14-24-6-2-1-3-7-24/h1-3,6-9,15-23,44H,4-5,10-14H2,(H,43,48)(H,42,45,46). The van der Waals surface area contributed by atoms with Crippen molar-refractivity contribution in [3.05, 3.63) is 109 Å². The van der Waals surface area contributed by atoms with Crippen molar-refractivity contribution in [1.29, 1.82) is 0 Å². The van der Waals surface area contributed by atoms with E-state index in [1.807, 2.05) is 60.7 Å². The molecule has 49 heavy (non-hydrogen) atoms. The van der Waals surface area contributed by atoms with E-state index in [2.05, 4.69) is 40.3 Å². The lowest BCUT2D eigenvalue weighted by molar-refractivity contribution is -0.115. The van der Waals surface area contributed by atoms with Crippen molar-refractivity contribution < 1.29 is 13.9 Å². The number of carbonyl (C=O) groups is 1. The van der Waals surface area contributed by atoms with Gasteiger partial charge in [-0.2, -0.15) is 5.10 Å². The molecule has 1 aliphatic rings. The first-order valence-corrected chi connectivity index (χ1v) is 16.3. The Morgan fingerprint density at radius 2 is 1.76 bits per heavy atom. The van der Waals surface area contributed by atoms with Crippen LogP contribution in [0, 0.1) is 5.82 Å². The fraction of sp³-hybridized carbons (Fsp3) is 0.184. The molecule has 1 saturated heterocycles. The van der Waals surface area contributed by atoms with E-state index in [-0.39, 0.29) is 18.1 Å². The van der Waals surface area contributed by atoms with Gasteiger partial charge < -0.3 is 15.0 Å². The van der Waals surface area contributed by atoms with Crippen molar-refractivity contribution in [3.63, 3.8) is 0 Å². The molecule has 8 rings (SSSR count). The van der Waals surface area contributed by atoms with Gasteiger partial charge in [0.25, 0.3) is 0 Å². The summed E-state index contributed by atoms with van der Waals surface area (Å²) in [5, 5.41) is 12.2. The predicted octanol–water partition coefficient (Wildman–Crippen LogP) is 7.03. The first kappa shape index (κ1) is 30.4. The van der Waals surface area contributed by atoms with Crippen molar-refractivity contribution in [2.24, 2.45) is 0 Å². The van der Waals surface area contributed by atoms with Gasteiger partial charge in [-0.1, -0.05) is 30.3 Å². The average Bonchev–Trinajstić information content (AvgIpc) is 3.88. The number of aromatic amines is 2. The Morgan fingerprint density at radius 1 is 0.898 bits per heavy atom. The average molecular weight is 653 g/mol. The Bertz CT molecular complexity index is 2280. The summed E-state index contributed by atoms with van der Waals surface area (Å²) in [7, 11) is 0. The van der Waals surface area contributed by atoms with Crippen LogP contribution in [0.1, 0.15) is 18.4 Å². The molecule has 2 aromatic carbocycles. The van der Waals surface area contributed by atoms with Gasteiger partial charge in [0.1, 0.15) is 18.2 Å². The van der Waals surface area contributed by atoms with Crippen LogP contribution in [-0.4, -0.2) is 67.2 Å². The summed E-state index contributed by atoms with van der Waals surface area (Å²) in [6.45, 7) is 3.49. The maximum Gasteiger partial charge on any atom is 0.228 e. The molecule has 7 aromatic rings. The molecule has 0 spiro atoms. The highest BCUT2D eigenvalue weighted by Gasteiger charge is 2.17. The highest BCUT2D eigenvalue weighted by Crippen LogP contribution is 2.35. The number of hydrogen-bond acceptors (Lipinski definition) is 7. The largest absolute Gasteiger partial charge is 0.492 e. The normalized spacial score (nSPS) is 13.3. The predicted molar refractivity (Wildman–Crippen MR) is 188 cm³/mol. The molecule has 0 bridgehead atoms. The molecule has 0 aliphatic carbocycles. The van der Waals surface area contributed by atoms with Gasteiger partial charge in [-0.25, -0.2) is 9.37 Å². The SMILES string of the molecule is O=C(Cc1ccccc1)Nc1cncc(-c2cnc3n[nH]c(-c4cc5c(-c6cc(F)cc(OCCN7CCCC7)c6)nccc5[nH]4)c3c2)c1. The number of nitrogens with zero attached hydrogens (tertiary/aromatic N) is 5. The Morgan fingerprint density at radius 3 is 2.63 bits per heavy atom. The van der Waals surface area contributed by atoms with E-state index in [9.17, 15) is 9.18 Å². The van der Waals surface area contributed by atoms with Crippen molar-refractivity contribution in [3.8, 4) is 39.5 Å². The van der Waals surface area contributed by atoms with Crippen molar-refractivity contribution >= 4 is 33.5 Å². The van der Waals surface area contributed by atoms with Crippen LogP contribution >= 0.6 is 0 Å². The number of nitrogens with one attached hydrogen (secondary N) is 3. The van der Waals surface area contributed by atoms with Gasteiger partial charge in [0, 0.05) is 64.2 Å². The lowest BCUT2D eigenvalue weighted by Gasteiger charge is -2.15. The van der Waals surface area contributed by atoms with Crippen LogP contribution in [0.5, 0.6) is 5.75 Å². The monoisotopic (exact) mass is 652 g/mol. The molecule has 5 aromatic heterocycles. The van der Waals surface area contributed by atoms with Gasteiger partial charge in [0.2, 0.25) is 5.91 Å². The topological polar surface area (TPSA) is 125 Å². The molecule has 11 heteroatoms. The van der Waals surface area contributed by atoms with Crippen LogP contribution in [0.2, 0.25) is 0 Å². The highest BCUT2D eigenvalue weighted by atomic mass is 19.1. The smallest absolute Gasteiger partial charge is 0.228 e. The maximum absolute atomic E-state index is 14.8. The van der Waals surface area contributed by atoms with E-state index < -0.39 is 0 Å². The third-order valence-electron chi connectivity index (χ3n) is 8.81. The summed E-state index contributed by atoms with van der Waals surface area (Å²) < 4.78 is 20.8. The highest BCUT2D eigenvalue weighted by molar-refractivity contribution is 6.00. The zero-order valence-electron chi connectivity index (χ0n) is 26.6. The first-order valence-electron chi connectivity index (χ1n) is 16.3. The third-order valence-corrected chi connectivity index (χ3v) is 8.81. The number of pyridine rings is 3. The second-order valence-corrected chi connectivity index (χ2v) is 12.2. The molecule has 0 radical (unpaired) electrons. The molecule has 244 valence electrons. The second-order valence-electron chi connectivity index (χ2n) is 12.2. The van der Waals surface area contributed by atoms with Crippen LogP contribution in [0.3, 0.4) is 0 Å². The molecule has 1 aliphatic heterocycles. The minimum Gasteiger partial charge on any atom is -0.492 e. The Kier molecular flexibility index (Phi) is 8.24. The van der Waals surface area contributed by atoms with Crippen molar-refractivity contribution in [2.75, 3.05) is 31.6 Å². The van der Waals surface area contributed by atoms with E-state index in [1.54, 1.807) is 24.8 Å². The Balaban J connectivity index is 1.06. The van der Waals surface area contributed by atoms with Crippen molar-refractivity contribution in [1.82, 2.24) is 35.0 Å². The summed E-state index contributed by atoms with van der Waals surface area (Å²) in [6.07, 6.45) is 9.51. The number of rotatable bonds is 10. The number of anilines is 1. The fourth-order valence-electron chi connectivity index (χ4n) is 6.42. The number of ether oxygens (including phenoxy) is 1. The van der Waals surface area contributed by atoms with Gasteiger partial charge in [-0.05, 0) is 67.9 Å². The van der Waals surface area contributed by atoms with Gasteiger partial charge in [0.05, 0.1) is 35.4 Å². The van der Waals surface area contributed by atoms with E-state index >= 15 is 0 Å². The molecule has 0 unspecified atom stereocenters. The summed E-state index contributed by atoms with van der Waals surface area (Å²) in [5.41, 5.74) is 7.35. The summed E-state index contributed by atoms with van der Waals surface area (Å²) in [4.78, 5) is 32.1. The van der Waals surface area contributed by atoms with Crippen LogP contribution in [0.4, 0.5) is 10.1 Å². The van der Waals surface area contributed by atoms with Gasteiger partial charge in [0.15, 0.2) is 5.65 Å². The van der Waals surface area contributed by atoms with Crippen LogP contribution in [0.25, 0.3) is 55.7 Å². The molecule has 10 nitrogen and oxygen atoms in total. The van der Waals surface area contributed by atoms with Crippen LogP contribution in [0.15, 0.2) is 97.6 Å². The Labute approximate surface area is 281 Å². The summed E-state index contributed by atoms with van der Waals surface area (Å²) in [6, 6.07) is 22.1. The zero-order valence-corrected chi connectivity index (χ0v) is 26.6. The number of amides is 1. The lowest BCUT2D eigenvalue weighted by Crippen LogP contribution is -2.25. The third kappa shape index (κ3) is 6.61. The molecule has 0 saturated carbocycles. The maximum atomic E-state index is 14.8. The summed E-state index contributed by atoms with van der Waals surface area (Å²) in [5.74, 6) is -0.0185. The molecule has 1 fully saturated rings. The molecule has 0 atom stereocenters. The van der Waals surface area contributed by atoms with E-state index in [0.29, 0.717) is 34.9 Å². The lowest BCUT2D eigenvalue weighted by atomic mass is 10.1. The van der Waals surface area contributed by atoms with E-state index in [0.717, 1.165) is 64.0 Å². The van der Waals surface area contributed by atoms with Crippen molar-refractivity contribution in [2.45, 2.75) is 19.3 Å². The van der Waals surface area contributed by atoms with Gasteiger partial charge >= 0.3 is 0 Å². The quantitative estimate of drug-likeness (QED) is 0.145. The molecule has 3 N–H and O–H groups in total. The number of benzene rings is 2. The Hall–Kier alpha value is -5.94. The first-order chi connectivity index (χ1) is 24.1. The number of aromatic nitrogens is 6.